The first-order chi connectivity index (χ1) is 9.02. The van der Waals surface area contributed by atoms with Crippen molar-refractivity contribution < 1.29 is 9.59 Å². The Morgan fingerprint density at radius 3 is 2.16 bits per heavy atom. The summed E-state index contributed by atoms with van der Waals surface area (Å²) in [5.74, 6) is -0.559. The third kappa shape index (κ3) is 2.68. The van der Waals surface area contributed by atoms with Gasteiger partial charge in [0.2, 0.25) is 11.8 Å². The summed E-state index contributed by atoms with van der Waals surface area (Å²) in [4.78, 5) is 25.2. The van der Waals surface area contributed by atoms with Crippen molar-refractivity contribution in [1.29, 1.82) is 0 Å². The van der Waals surface area contributed by atoms with Gasteiger partial charge < -0.3 is 5.73 Å². The van der Waals surface area contributed by atoms with Gasteiger partial charge in [-0.3, -0.25) is 14.5 Å². The fourth-order valence-electron chi connectivity index (χ4n) is 2.38. The highest BCUT2D eigenvalue weighted by Gasteiger charge is 2.41. The molecule has 19 heavy (non-hydrogen) atoms. The minimum absolute atomic E-state index is 0.0715. The van der Waals surface area contributed by atoms with Crippen molar-refractivity contribution in [2.24, 2.45) is 17.6 Å². The Hall–Kier alpha value is -1.68. The highest BCUT2D eigenvalue weighted by Crippen LogP contribution is 2.26. The summed E-state index contributed by atoms with van der Waals surface area (Å²) in [5, 5.41) is 0. The predicted molar refractivity (Wildman–Crippen MR) is 73.0 cm³/mol. The molecular formula is C15H20N2O2. The number of nitrogens with two attached hydrogens (primary N) is 1. The number of hydrogen-bond acceptors (Lipinski definition) is 3. The van der Waals surface area contributed by atoms with Gasteiger partial charge in [-0.05, 0) is 12.0 Å². The molecule has 1 aromatic rings. The number of nitrogens with zero attached hydrogens (tertiary/aromatic N) is 1. The third-order valence-corrected chi connectivity index (χ3v) is 3.95. The standard InChI is InChI=1S/C15H20N2O2/c1-10-11(2)15(19)17(14(10)18)9-8-13(16)12-6-4-3-5-7-12/h3-7,10-11,13H,8-9,16H2,1-2H3. The smallest absolute Gasteiger partial charge is 0.232 e. The van der Waals surface area contributed by atoms with Crippen LogP contribution in [0.3, 0.4) is 0 Å². The zero-order chi connectivity index (χ0) is 14.0. The van der Waals surface area contributed by atoms with Crippen LogP contribution in [0, 0.1) is 11.8 Å². The highest BCUT2D eigenvalue weighted by atomic mass is 16.2. The molecule has 3 atom stereocenters. The van der Waals surface area contributed by atoms with Crippen molar-refractivity contribution in [2.45, 2.75) is 26.3 Å². The van der Waals surface area contributed by atoms with Crippen molar-refractivity contribution >= 4 is 11.8 Å². The fraction of sp³-hybridized carbons (Fsp3) is 0.467. The van der Waals surface area contributed by atoms with E-state index in [0.717, 1.165) is 5.56 Å². The van der Waals surface area contributed by atoms with Crippen LogP contribution in [0.5, 0.6) is 0 Å². The number of hydrogen-bond donors (Lipinski definition) is 1. The van der Waals surface area contributed by atoms with Crippen LogP contribution >= 0.6 is 0 Å². The van der Waals surface area contributed by atoms with Crippen LogP contribution in [0.1, 0.15) is 31.9 Å². The maximum Gasteiger partial charge on any atom is 0.232 e. The Balaban J connectivity index is 1.96. The number of benzene rings is 1. The van der Waals surface area contributed by atoms with E-state index in [-0.39, 0.29) is 29.7 Å². The van der Waals surface area contributed by atoms with Crippen molar-refractivity contribution in [3.8, 4) is 0 Å². The SMILES string of the molecule is CC1C(=O)N(CCC(N)c2ccccc2)C(=O)C1C. The van der Waals surface area contributed by atoms with Crippen molar-refractivity contribution in [3.63, 3.8) is 0 Å². The molecule has 102 valence electrons. The van der Waals surface area contributed by atoms with Gasteiger partial charge in [0.05, 0.1) is 0 Å². The van der Waals surface area contributed by atoms with E-state index in [2.05, 4.69) is 0 Å². The van der Waals surface area contributed by atoms with Crippen molar-refractivity contribution in [3.05, 3.63) is 35.9 Å². The maximum absolute atomic E-state index is 11.9. The number of rotatable bonds is 4. The van der Waals surface area contributed by atoms with Gasteiger partial charge in [-0.15, -0.1) is 0 Å². The van der Waals surface area contributed by atoms with Gasteiger partial charge in [-0.1, -0.05) is 44.2 Å². The molecular weight excluding hydrogens is 240 g/mol. The second-order valence-electron chi connectivity index (χ2n) is 5.21. The molecule has 1 saturated heterocycles. The van der Waals surface area contributed by atoms with E-state index in [9.17, 15) is 9.59 Å². The first-order valence-corrected chi connectivity index (χ1v) is 6.68. The number of imide groups is 1. The summed E-state index contributed by atoms with van der Waals surface area (Å²) in [7, 11) is 0. The highest BCUT2D eigenvalue weighted by molar-refractivity contribution is 6.04. The summed E-state index contributed by atoms with van der Waals surface area (Å²) in [6.45, 7) is 4.02. The van der Waals surface area contributed by atoms with Gasteiger partial charge in [0.15, 0.2) is 0 Å². The molecule has 1 aromatic carbocycles. The summed E-state index contributed by atoms with van der Waals surface area (Å²) < 4.78 is 0. The van der Waals surface area contributed by atoms with E-state index in [4.69, 9.17) is 5.73 Å². The lowest BCUT2D eigenvalue weighted by atomic mass is 10.00. The lowest BCUT2D eigenvalue weighted by molar-refractivity contribution is -0.139. The molecule has 1 fully saturated rings. The lowest BCUT2D eigenvalue weighted by Gasteiger charge is -2.18. The van der Waals surface area contributed by atoms with E-state index in [1.807, 2.05) is 44.2 Å². The van der Waals surface area contributed by atoms with Gasteiger partial charge in [0.25, 0.3) is 0 Å². The molecule has 0 aliphatic carbocycles. The van der Waals surface area contributed by atoms with Crippen molar-refractivity contribution in [1.82, 2.24) is 4.90 Å². The summed E-state index contributed by atoms with van der Waals surface area (Å²) in [5.41, 5.74) is 7.11. The molecule has 0 aromatic heterocycles. The molecule has 3 unspecified atom stereocenters. The zero-order valence-corrected chi connectivity index (χ0v) is 11.4. The molecule has 1 aliphatic rings. The largest absolute Gasteiger partial charge is 0.324 e. The molecule has 0 bridgehead atoms. The monoisotopic (exact) mass is 260 g/mol. The molecule has 0 spiro atoms. The van der Waals surface area contributed by atoms with Crippen LogP contribution in [0.25, 0.3) is 0 Å². The second kappa shape index (κ2) is 5.53. The quantitative estimate of drug-likeness (QED) is 0.838. The normalized spacial score (nSPS) is 24.9. The number of carbonyl (C=O) groups is 2. The van der Waals surface area contributed by atoms with Crippen LogP contribution < -0.4 is 5.73 Å². The first kappa shape index (κ1) is 13.7. The van der Waals surface area contributed by atoms with Gasteiger partial charge >= 0.3 is 0 Å². The summed E-state index contributed by atoms with van der Waals surface area (Å²) in [6.07, 6.45) is 0.598. The molecule has 4 heteroatoms. The summed E-state index contributed by atoms with van der Waals surface area (Å²) >= 11 is 0. The molecule has 2 N–H and O–H groups in total. The van der Waals surface area contributed by atoms with E-state index >= 15 is 0 Å². The van der Waals surface area contributed by atoms with E-state index < -0.39 is 0 Å². The fourth-order valence-corrected chi connectivity index (χ4v) is 2.38. The Morgan fingerprint density at radius 1 is 1.11 bits per heavy atom. The Kier molecular flexibility index (Phi) is 4.00. The second-order valence-corrected chi connectivity index (χ2v) is 5.21. The Bertz CT molecular complexity index is 452. The zero-order valence-electron chi connectivity index (χ0n) is 11.4. The topological polar surface area (TPSA) is 63.4 Å². The Labute approximate surface area is 113 Å². The van der Waals surface area contributed by atoms with E-state index in [0.29, 0.717) is 13.0 Å². The predicted octanol–water partition coefficient (Wildman–Crippen LogP) is 1.72. The van der Waals surface area contributed by atoms with Gasteiger partial charge in [0.1, 0.15) is 0 Å². The molecule has 0 radical (unpaired) electrons. The van der Waals surface area contributed by atoms with Crippen LogP contribution in [0.15, 0.2) is 30.3 Å². The average Bonchev–Trinajstić information content (AvgIpc) is 2.62. The minimum Gasteiger partial charge on any atom is -0.324 e. The molecule has 4 nitrogen and oxygen atoms in total. The Morgan fingerprint density at radius 2 is 1.63 bits per heavy atom. The van der Waals surface area contributed by atoms with Gasteiger partial charge in [-0.2, -0.15) is 0 Å². The minimum atomic E-state index is -0.208. The number of carbonyl (C=O) groups excluding carboxylic acids is 2. The molecule has 1 aliphatic heterocycles. The van der Waals surface area contributed by atoms with Gasteiger partial charge in [-0.25, -0.2) is 0 Å². The molecule has 0 saturated carbocycles. The lowest BCUT2D eigenvalue weighted by Crippen LogP contribution is -2.33. The molecule has 2 amide bonds. The van der Waals surface area contributed by atoms with Crippen LogP contribution in [-0.2, 0) is 9.59 Å². The van der Waals surface area contributed by atoms with Gasteiger partial charge in [0, 0.05) is 24.4 Å². The molecule has 1 heterocycles. The maximum atomic E-state index is 11.9. The van der Waals surface area contributed by atoms with E-state index in [1.165, 1.54) is 4.90 Å². The van der Waals surface area contributed by atoms with Crippen molar-refractivity contribution in [2.75, 3.05) is 6.54 Å². The molecule has 2 rings (SSSR count). The average molecular weight is 260 g/mol. The van der Waals surface area contributed by atoms with Crippen LogP contribution in [0.2, 0.25) is 0 Å². The number of amides is 2. The number of likely N-dealkylation sites (tertiary alicyclic amines) is 1. The van der Waals surface area contributed by atoms with Crippen LogP contribution in [-0.4, -0.2) is 23.3 Å². The van der Waals surface area contributed by atoms with E-state index in [1.54, 1.807) is 0 Å². The summed E-state index contributed by atoms with van der Waals surface area (Å²) in [6, 6.07) is 9.59. The third-order valence-electron chi connectivity index (χ3n) is 3.95. The first-order valence-electron chi connectivity index (χ1n) is 6.68. The van der Waals surface area contributed by atoms with Crippen LogP contribution in [0.4, 0.5) is 0 Å².